The first-order valence-electron chi connectivity index (χ1n) is 12.5. The number of carbonyl (C=O) groups excluding carboxylic acids is 3. The molecule has 16 nitrogen and oxygen atoms in total. The summed E-state index contributed by atoms with van der Waals surface area (Å²) in [5.74, 6) is -7.81. The molecule has 3 aliphatic rings. The van der Waals surface area contributed by atoms with Crippen molar-refractivity contribution < 1.29 is 44.1 Å². The summed E-state index contributed by atoms with van der Waals surface area (Å²) >= 11 is 0. The molecular weight excluding hydrogens is 566 g/mol. The lowest BCUT2D eigenvalue weighted by Crippen LogP contribution is -2.35. The third-order valence-electron chi connectivity index (χ3n) is 6.48. The predicted molar refractivity (Wildman–Crippen MR) is 148 cm³/mol. The van der Waals surface area contributed by atoms with Crippen LogP contribution in [0.4, 0.5) is 17.1 Å². The second kappa shape index (κ2) is 13.7. The summed E-state index contributed by atoms with van der Waals surface area (Å²) in [4.78, 5) is 77.9. The summed E-state index contributed by atoms with van der Waals surface area (Å²) in [6.07, 6.45) is 5.23. The van der Waals surface area contributed by atoms with Crippen LogP contribution in [0.25, 0.3) is 0 Å². The summed E-state index contributed by atoms with van der Waals surface area (Å²) in [6.45, 7) is 0. The van der Waals surface area contributed by atoms with Crippen molar-refractivity contribution in [1.82, 2.24) is 21.1 Å². The molecule has 16 heteroatoms. The number of nitrogens with zero attached hydrogens (tertiary/aromatic N) is 3. The van der Waals surface area contributed by atoms with Crippen LogP contribution in [0.5, 0.6) is 0 Å². The molecule has 6 rings (SSSR count). The minimum Gasteiger partial charge on any atom is -0.481 e. The lowest BCUT2D eigenvalue weighted by molar-refractivity contribution is -0.147. The number of fused-ring (bicyclic) bond motifs is 3. The molecule has 3 aliphatic heterocycles. The molecule has 3 aromatic rings. The van der Waals surface area contributed by atoms with Crippen molar-refractivity contribution in [3.8, 4) is 0 Å². The molecular formula is C27H27N7O9. The minimum absolute atomic E-state index is 0. The van der Waals surface area contributed by atoms with Gasteiger partial charge >= 0.3 is 17.9 Å². The molecule has 0 radical (unpaired) electrons. The summed E-state index contributed by atoms with van der Waals surface area (Å²) < 4.78 is 0. The lowest BCUT2D eigenvalue weighted by Gasteiger charge is -2.20. The third-order valence-corrected chi connectivity index (χ3v) is 6.48. The number of rotatable bonds is 3. The Morgan fingerprint density at radius 2 is 0.814 bits per heavy atom. The number of aromatic nitrogens is 3. The first-order valence-corrected chi connectivity index (χ1v) is 12.5. The van der Waals surface area contributed by atoms with E-state index in [9.17, 15) is 28.8 Å². The highest BCUT2D eigenvalue weighted by atomic mass is 16.4. The first-order chi connectivity index (χ1) is 20.0. The minimum atomic E-state index is -1.11. The maximum absolute atomic E-state index is 11.3. The molecule has 6 heterocycles. The Hall–Kier alpha value is -5.77. The number of carbonyl (C=O) groups is 6. The normalized spacial score (nSPS) is 19.3. The van der Waals surface area contributed by atoms with Crippen LogP contribution >= 0.6 is 0 Å². The Balaban J connectivity index is 0.000000175. The van der Waals surface area contributed by atoms with E-state index < -0.39 is 53.4 Å². The zero-order chi connectivity index (χ0) is 30.4. The molecule has 0 fully saturated rings. The van der Waals surface area contributed by atoms with Gasteiger partial charge in [0.1, 0.15) is 17.8 Å². The number of amides is 3. The maximum atomic E-state index is 11.3. The van der Waals surface area contributed by atoms with Gasteiger partial charge < -0.3 is 37.4 Å². The molecule has 3 amide bonds. The van der Waals surface area contributed by atoms with Crippen LogP contribution < -0.4 is 22.1 Å². The van der Waals surface area contributed by atoms with Gasteiger partial charge in [0.15, 0.2) is 0 Å². The SMILES string of the molecule is N.O=C(O)C1Cc2ncccc2NC1=O.O=C(O)C1Cc2ncccc2NC1=O.O=C(O)C1Cc2ncccc2NC1=O. The predicted octanol–water partition coefficient (Wildman–Crippen LogP) is 0.993. The van der Waals surface area contributed by atoms with Gasteiger partial charge in [-0.05, 0) is 36.4 Å². The van der Waals surface area contributed by atoms with E-state index in [2.05, 4.69) is 30.9 Å². The maximum Gasteiger partial charge on any atom is 0.316 e. The number of carboxylic acids is 3. The van der Waals surface area contributed by atoms with Gasteiger partial charge in [0.25, 0.3) is 0 Å². The molecule has 3 aromatic heterocycles. The van der Waals surface area contributed by atoms with Crippen molar-refractivity contribution in [2.24, 2.45) is 17.8 Å². The number of aliphatic carboxylic acids is 3. The van der Waals surface area contributed by atoms with E-state index >= 15 is 0 Å². The summed E-state index contributed by atoms with van der Waals surface area (Å²) in [6, 6.07) is 10.2. The van der Waals surface area contributed by atoms with Crippen molar-refractivity contribution in [3.05, 3.63) is 72.1 Å². The Kier molecular flexibility index (Phi) is 10.1. The molecule has 224 valence electrons. The summed E-state index contributed by atoms with van der Waals surface area (Å²) in [5, 5.41) is 33.8. The molecule has 3 atom stereocenters. The second-order valence-corrected chi connectivity index (χ2v) is 9.25. The zero-order valence-corrected chi connectivity index (χ0v) is 22.4. The standard InChI is InChI=1S/3C9H8N2O3.H3N/c3*12-8-5(9(13)14)4-7-6(11-8)2-1-3-10-7;/h3*1-3,5H,4H2,(H,11,12)(H,13,14);1H3. The average Bonchev–Trinajstić information content (AvgIpc) is 2.96. The smallest absolute Gasteiger partial charge is 0.316 e. The van der Waals surface area contributed by atoms with Crippen molar-refractivity contribution in [2.45, 2.75) is 19.3 Å². The number of hydrogen-bond donors (Lipinski definition) is 7. The van der Waals surface area contributed by atoms with Gasteiger partial charge in [-0.3, -0.25) is 43.7 Å². The van der Waals surface area contributed by atoms with E-state index in [4.69, 9.17) is 15.3 Å². The van der Waals surface area contributed by atoms with Crippen LogP contribution in [-0.4, -0.2) is 65.9 Å². The molecule has 9 N–H and O–H groups in total. The fourth-order valence-electron chi connectivity index (χ4n) is 4.26. The molecule has 43 heavy (non-hydrogen) atoms. The van der Waals surface area contributed by atoms with Crippen LogP contribution in [0.2, 0.25) is 0 Å². The van der Waals surface area contributed by atoms with E-state index in [0.29, 0.717) is 34.1 Å². The van der Waals surface area contributed by atoms with Gasteiger partial charge in [0.2, 0.25) is 17.7 Å². The Morgan fingerprint density at radius 1 is 0.558 bits per heavy atom. The van der Waals surface area contributed by atoms with Gasteiger partial charge in [0.05, 0.1) is 34.1 Å². The summed E-state index contributed by atoms with van der Waals surface area (Å²) in [5.41, 5.74) is 3.69. The number of carboxylic acid groups (broad SMARTS) is 3. The topological polar surface area (TPSA) is 273 Å². The molecule has 3 unspecified atom stereocenters. The highest BCUT2D eigenvalue weighted by Crippen LogP contribution is 2.25. The number of nitrogens with one attached hydrogen (secondary N) is 3. The molecule has 0 aromatic carbocycles. The number of pyridine rings is 3. The van der Waals surface area contributed by atoms with Crippen molar-refractivity contribution in [2.75, 3.05) is 16.0 Å². The van der Waals surface area contributed by atoms with Gasteiger partial charge in [0, 0.05) is 37.9 Å². The van der Waals surface area contributed by atoms with Crippen LogP contribution in [0.3, 0.4) is 0 Å². The Bertz CT molecular complexity index is 1400. The van der Waals surface area contributed by atoms with E-state index in [1.807, 2.05) is 0 Å². The fourth-order valence-corrected chi connectivity index (χ4v) is 4.26. The quantitative estimate of drug-likeness (QED) is 0.209. The number of hydrogen-bond acceptors (Lipinski definition) is 10. The largest absolute Gasteiger partial charge is 0.481 e. The summed E-state index contributed by atoms with van der Waals surface area (Å²) in [7, 11) is 0. The Morgan fingerprint density at radius 3 is 1.05 bits per heavy atom. The fraction of sp³-hybridized carbons (Fsp3) is 0.222. The lowest BCUT2D eigenvalue weighted by atomic mass is 9.97. The van der Waals surface area contributed by atoms with Crippen molar-refractivity contribution in [3.63, 3.8) is 0 Å². The molecule has 0 aliphatic carbocycles. The van der Waals surface area contributed by atoms with E-state index in [0.717, 1.165) is 0 Å². The highest BCUT2D eigenvalue weighted by molar-refractivity contribution is 6.07. The van der Waals surface area contributed by atoms with E-state index in [1.165, 1.54) is 0 Å². The van der Waals surface area contributed by atoms with Gasteiger partial charge in [-0.1, -0.05) is 0 Å². The van der Waals surface area contributed by atoms with Crippen LogP contribution in [-0.2, 0) is 48.0 Å². The van der Waals surface area contributed by atoms with E-state index in [-0.39, 0.29) is 25.4 Å². The molecule has 0 spiro atoms. The van der Waals surface area contributed by atoms with Crippen LogP contribution in [0.1, 0.15) is 17.1 Å². The van der Waals surface area contributed by atoms with Crippen molar-refractivity contribution in [1.29, 1.82) is 0 Å². The number of anilines is 3. The zero-order valence-electron chi connectivity index (χ0n) is 22.4. The first kappa shape index (κ1) is 31.8. The average molecular weight is 594 g/mol. The van der Waals surface area contributed by atoms with Crippen molar-refractivity contribution >= 4 is 52.7 Å². The Labute approximate surface area is 243 Å². The van der Waals surface area contributed by atoms with Crippen LogP contribution in [0.15, 0.2) is 55.0 Å². The molecule has 0 bridgehead atoms. The van der Waals surface area contributed by atoms with Crippen LogP contribution in [0, 0.1) is 17.8 Å². The molecule has 0 saturated heterocycles. The van der Waals surface area contributed by atoms with Gasteiger partial charge in [-0.25, -0.2) is 0 Å². The highest BCUT2D eigenvalue weighted by Gasteiger charge is 2.34. The van der Waals surface area contributed by atoms with Gasteiger partial charge in [-0.15, -0.1) is 0 Å². The third kappa shape index (κ3) is 7.50. The molecule has 0 saturated carbocycles. The van der Waals surface area contributed by atoms with Gasteiger partial charge in [-0.2, -0.15) is 0 Å². The van der Waals surface area contributed by atoms with E-state index in [1.54, 1.807) is 55.0 Å². The second-order valence-electron chi connectivity index (χ2n) is 9.25. The monoisotopic (exact) mass is 593 g/mol.